The minimum absolute atomic E-state index is 0.00264. The molecule has 2 rings (SSSR count). The van der Waals surface area contributed by atoms with Gasteiger partial charge in [0.1, 0.15) is 4.90 Å². The number of nitrogen functional groups attached to an aromatic ring is 1. The summed E-state index contributed by atoms with van der Waals surface area (Å²) < 4.78 is 27.9. The van der Waals surface area contributed by atoms with Crippen LogP contribution in [0.1, 0.15) is 0 Å². The molecule has 0 unspecified atom stereocenters. The van der Waals surface area contributed by atoms with Gasteiger partial charge in [0.15, 0.2) is 5.82 Å². The molecule has 8 heteroatoms. The summed E-state index contributed by atoms with van der Waals surface area (Å²) in [6.07, 6.45) is 1.46. The van der Waals surface area contributed by atoms with Gasteiger partial charge in [0.05, 0.1) is 5.69 Å². The molecule has 0 saturated carbocycles. The molecular formula is C11H11IN4O2S. The number of hydrazine groups is 1. The number of benzene rings is 1. The molecule has 0 aliphatic carbocycles. The number of nitrogens with one attached hydrogen (secondary N) is 2. The number of halogens is 1. The topological polar surface area (TPSA) is 97.1 Å². The second-order valence-corrected chi connectivity index (χ2v) is 6.39. The average Bonchev–Trinajstić information content (AvgIpc) is 2.41. The molecule has 0 amide bonds. The number of nitrogens with zero attached hydrogens (tertiary/aromatic N) is 1. The van der Waals surface area contributed by atoms with Crippen LogP contribution in [0.15, 0.2) is 47.5 Å². The van der Waals surface area contributed by atoms with E-state index in [0.29, 0.717) is 5.69 Å². The predicted octanol–water partition coefficient (Wildman–Crippen LogP) is 1.77. The van der Waals surface area contributed by atoms with Crippen LogP contribution in [0.2, 0.25) is 0 Å². The van der Waals surface area contributed by atoms with E-state index >= 15 is 0 Å². The fourth-order valence-corrected chi connectivity index (χ4v) is 3.37. The first-order valence-electron chi connectivity index (χ1n) is 5.23. The Bertz CT molecular complexity index is 691. The number of rotatable bonds is 4. The molecule has 0 saturated heterocycles. The van der Waals surface area contributed by atoms with Crippen LogP contribution in [-0.2, 0) is 10.0 Å². The van der Waals surface area contributed by atoms with Crippen LogP contribution >= 0.6 is 22.6 Å². The molecule has 0 bridgehead atoms. The zero-order chi connectivity index (χ0) is 13.9. The lowest BCUT2D eigenvalue weighted by atomic mass is 10.3. The average molecular weight is 390 g/mol. The number of aromatic nitrogens is 1. The maximum Gasteiger partial charge on any atom is 0.265 e. The van der Waals surface area contributed by atoms with E-state index < -0.39 is 10.0 Å². The summed E-state index contributed by atoms with van der Waals surface area (Å²) in [6, 6.07) is 10.0. The summed E-state index contributed by atoms with van der Waals surface area (Å²) in [7, 11) is -3.74. The molecule has 0 spiro atoms. The first-order chi connectivity index (χ1) is 9.04. The maximum absolute atomic E-state index is 12.3. The van der Waals surface area contributed by atoms with Crippen LogP contribution in [0.3, 0.4) is 0 Å². The quantitative estimate of drug-likeness (QED) is 0.420. The van der Waals surface area contributed by atoms with E-state index in [1.54, 1.807) is 12.1 Å². The molecule has 1 aromatic heterocycles. The van der Waals surface area contributed by atoms with Crippen LogP contribution in [0, 0.1) is 3.57 Å². The van der Waals surface area contributed by atoms with Crippen LogP contribution in [-0.4, -0.2) is 13.4 Å². The number of anilines is 2. The molecule has 19 heavy (non-hydrogen) atoms. The molecule has 0 fully saturated rings. The first-order valence-corrected chi connectivity index (χ1v) is 7.80. The highest BCUT2D eigenvalue weighted by Gasteiger charge is 2.19. The van der Waals surface area contributed by atoms with Crippen molar-refractivity contribution < 1.29 is 8.42 Å². The fraction of sp³-hybridized carbons (Fsp3) is 0. The van der Waals surface area contributed by atoms with Gasteiger partial charge in [-0.3, -0.25) is 4.72 Å². The van der Waals surface area contributed by atoms with E-state index in [4.69, 9.17) is 5.84 Å². The van der Waals surface area contributed by atoms with Crippen LogP contribution in [0.25, 0.3) is 0 Å². The van der Waals surface area contributed by atoms with Crippen molar-refractivity contribution in [2.45, 2.75) is 4.90 Å². The minimum Gasteiger partial charge on any atom is -0.307 e. The summed E-state index contributed by atoms with van der Waals surface area (Å²) in [5.74, 6) is 5.36. The molecule has 0 aliphatic rings. The zero-order valence-corrected chi connectivity index (χ0v) is 12.6. The van der Waals surface area contributed by atoms with Crippen molar-refractivity contribution in [2.24, 2.45) is 5.84 Å². The van der Waals surface area contributed by atoms with E-state index in [1.807, 2.05) is 12.1 Å². The van der Waals surface area contributed by atoms with E-state index in [0.717, 1.165) is 3.57 Å². The van der Waals surface area contributed by atoms with Gasteiger partial charge in [-0.1, -0.05) is 12.1 Å². The van der Waals surface area contributed by atoms with Crippen molar-refractivity contribution in [3.8, 4) is 0 Å². The summed E-state index contributed by atoms with van der Waals surface area (Å²) in [5, 5.41) is 0. The lowest BCUT2D eigenvalue weighted by Gasteiger charge is -2.11. The number of hydrogen-bond acceptors (Lipinski definition) is 5. The van der Waals surface area contributed by atoms with Crippen molar-refractivity contribution in [3.05, 3.63) is 46.2 Å². The second-order valence-electron chi connectivity index (χ2n) is 3.58. The zero-order valence-electron chi connectivity index (χ0n) is 9.67. The molecule has 0 aliphatic heterocycles. The molecule has 6 nitrogen and oxygen atoms in total. The van der Waals surface area contributed by atoms with Crippen molar-refractivity contribution >= 4 is 44.1 Å². The monoisotopic (exact) mass is 390 g/mol. The van der Waals surface area contributed by atoms with E-state index in [9.17, 15) is 8.42 Å². The molecule has 100 valence electrons. The van der Waals surface area contributed by atoms with E-state index in [1.165, 1.54) is 18.3 Å². The number of hydrogen-bond donors (Lipinski definition) is 3. The minimum atomic E-state index is -3.74. The molecular weight excluding hydrogens is 379 g/mol. The third-order valence-corrected chi connectivity index (χ3v) is 4.65. The Balaban J connectivity index is 2.41. The van der Waals surface area contributed by atoms with Gasteiger partial charge < -0.3 is 5.43 Å². The Labute approximate surface area is 124 Å². The third-order valence-electron chi connectivity index (χ3n) is 2.32. The van der Waals surface area contributed by atoms with Crippen LogP contribution in [0.5, 0.6) is 0 Å². The Morgan fingerprint density at radius 2 is 1.89 bits per heavy atom. The number of para-hydroxylation sites is 1. The Hall–Kier alpha value is -1.39. The van der Waals surface area contributed by atoms with Crippen molar-refractivity contribution in [2.75, 3.05) is 10.1 Å². The van der Waals surface area contributed by atoms with E-state index in [-0.39, 0.29) is 10.7 Å². The first kappa shape index (κ1) is 14.0. The Morgan fingerprint density at radius 3 is 2.58 bits per heavy atom. The van der Waals surface area contributed by atoms with Gasteiger partial charge in [0, 0.05) is 9.77 Å². The van der Waals surface area contributed by atoms with Gasteiger partial charge in [-0.25, -0.2) is 19.2 Å². The SMILES string of the molecule is NNc1ncccc1S(=O)(=O)Nc1ccccc1I. The smallest absolute Gasteiger partial charge is 0.265 e. The van der Waals surface area contributed by atoms with Gasteiger partial charge in [0.25, 0.3) is 10.0 Å². The van der Waals surface area contributed by atoms with E-state index in [2.05, 4.69) is 37.7 Å². The summed E-state index contributed by atoms with van der Waals surface area (Å²) in [4.78, 5) is 3.87. The lowest BCUT2D eigenvalue weighted by molar-refractivity contribution is 0.601. The van der Waals surface area contributed by atoms with Crippen molar-refractivity contribution in [1.82, 2.24) is 4.98 Å². The standard InChI is InChI=1S/C11H11IN4O2S/c12-8-4-1-2-5-9(8)16-19(17,18)10-6-3-7-14-11(10)15-13/h1-7,16H,13H2,(H,14,15). The normalized spacial score (nSPS) is 11.1. The van der Waals surface area contributed by atoms with Gasteiger partial charge in [-0.15, -0.1) is 0 Å². The maximum atomic E-state index is 12.3. The molecule has 0 atom stereocenters. The number of nitrogens with two attached hydrogens (primary N) is 1. The van der Waals surface area contributed by atoms with Gasteiger partial charge in [0.2, 0.25) is 0 Å². The number of sulfonamides is 1. The summed E-state index contributed by atoms with van der Waals surface area (Å²) >= 11 is 2.05. The van der Waals surface area contributed by atoms with Crippen molar-refractivity contribution in [1.29, 1.82) is 0 Å². The number of pyridine rings is 1. The third kappa shape index (κ3) is 3.14. The fourth-order valence-electron chi connectivity index (χ4n) is 1.46. The lowest BCUT2D eigenvalue weighted by Crippen LogP contribution is -2.18. The molecule has 1 heterocycles. The highest BCUT2D eigenvalue weighted by Crippen LogP contribution is 2.23. The Kier molecular flexibility index (Phi) is 4.22. The summed E-state index contributed by atoms with van der Waals surface area (Å²) in [6.45, 7) is 0. The highest BCUT2D eigenvalue weighted by atomic mass is 127. The largest absolute Gasteiger partial charge is 0.307 e. The molecule has 0 radical (unpaired) electrons. The van der Waals surface area contributed by atoms with Gasteiger partial charge >= 0.3 is 0 Å². The Morgan fingerprint density at radius 1 is 1.16 bits per heavy atom. The second kappa shape index (κ2) is 5.72. The van der Waals surface area contributed by atoms with Crippen LogP contribution in [0.4, 0.5) is 11.5 Å². The van der Waals surface area contributed by atoms with Gasteiger partial charge in [-0.05, 0) is 46.9 Å². The van der Waals surface area contributed by atoms with Crippen molar-refractivity contribution in [3.63, 3.8) is 0 Å². The molecule has 1 aromatic carbocycles. The molecule has 4 N–H and O–H groups in total. The van der Waals surface area contributed by atoms with Gasteiger partial charge in [-0.2, -0.15) is 0 Å². The summed E-state index contributed by atoms with van der Waals surface area (Å²) in [5.41, 5.74) is 2.78. The predicted molar refractivity (Wildman–Crippen MR) is 82.0 cm³/mol. The highest BCUT2D eigenvalue weighted by molar-refractivity contribution is 14.1. The van der Waals surface area contributed by atoms with Crippen LogP contribution < -0.4 is 16.0 Å². The molecule has 2 aromatic rings.